The van der Waals surface area contributed by atoms with Crippen LogP contribution in [0.15, 0.2) is 54.9 Å². The Morgan fingerprint density at radius 3 is 2.45 bits per heavy atom. The normalized spacial score (nSPS) is 14.3. The average Bonchev–Trinajstić information content (AvgIpc) is 3.24. The molecule has 4 aromatic rings. The summed E-state index contributed by atoms with van der Waals surface area (Å²) in [6.45, 7) is 2.30. The van der Waals surface area contributed by atoms with Crippen LogP contribution in [0.2, 0.25) is 10.0 Å². The standard InChI is InChI=1S/C21H17Cl2N7O/c22-14-6-7-16(17(23)12-14)21(31)29-10-8-28(9-11-29)19-18-20(25-13-24-19)30(27-26-18)15-4-2-1-3-5-15/h1-7,12-13H,8-11H2. The first-order valence-electron chi connectivity index (χ1n) is 9.73. The molecule has 0 bridgehead atoms. The Bertz CT molecular complexity index is 1250. The molecule has 31 heavy (non-hydrogen) atoms. The number of aromatic nitrogens is 5. The SMILES string of the molecule is O=C(c1ccc(Cl)cc1Cl)N1CCN(c2ncnc3c2nnn3-c2ccccc2)CC1. The monoisotopic (exact) mass is 453 g/mol. The number of piperazine rings is 1. The number of hydrogen-bond donors (Lipinski definition) is 0. The van der Waals surface area contributed by atoms with Gasteiger partial charge in [-0.15, -0.1) is 5.10 Å². The van der Waals surface area contributed by atoms with Gasteiger partial charge < -0.3 is 9.80 Å². The lowest BCUT2D eigenvalue weighted by atomic mass is 10.1. The highest BCUT2D eigenvalue weighted by atomic mass is 35.5. The van der Waals surface area contributed by atoms with Crippen LogP contribution in [0.5, 0.6) is 0 Å². The molecule has 5 rings (SSSR count). The molecular formula is C21H17Cl2N7O. The molecule has 0 spiro atoms. The summed E-state index contributed by atoms with van der Waals surface area (Å²) in [6, 6.07) is 14.6. The molecule has 1 saturated heterocycles. The van der Waals surface area contributed by atoms with Crippen molar-refractivity contribution >= 4 is 46.1 Å². The fourth-order valence-electron chi connectivity index (χ4n) is 3.67. The second-order valence-corrected chi connectivity index (χ2v) is 7.95. The zero-order valence-electron chi connectivity index (χ0n) is 16.3. The smallest absolute Gasteiger partial charge is 0.255 e. The van der Waals surface area contributed by atoms with Crippen LogP contribution < -0.4 is 4.90 Å². The minimum absolute atomic E-state index is 0.107. The second-order valence-electron chi connectivity index (χ2n) is 7.11. The highest BCUT2D eigenvalue weighted by Gasteiger charge is 2.26. The highest BCUT2D eigenvalue weighted by molar-refractivity contribution is 6.36. The van der Waals surface area contributed by atoms with Crippen LogP contribution in [0, 0.1) is 0 Å². The van der Waals surface area contributed by atoms with E-state index in [1.54, 1.807) is 27.8 Å². The van der Waals surface area contributed by atoms with Crippen LogP contribution in [0.3, 0.4) is 0 Å². The van der Waals surface area contributed by atoms with Gasteiger partial charge in [0.2, 0.25) is 0 Å². The number of fused-ring (bicyclic) bond motifs is 1. The van der Waals surface area contributed by atoms with E-state index < -0.39 is 0 Å². The van der Waals surface area contributed by atoms with Gasteiger partial charge in [-0.2, -0.15) is 4.68 Å². The Labute approximate surface area is 188 Å². The number of anilines is 1. The maximum absolute atomic E-state index is 12.9. The third-order valence-corrected chi connectivity index (χ3v) is 5.79. The number of halogens is 2. The fraction of sp³-hybridized carbons (Fsp3) is 0.190. The molecule has 0 aliphatic carbocycles. The van der Waals surface area contributed by atoms with E-state index >= 15 is 0 Å². The lowest BCUT2D eigenvalue weighted by Gasteiger charge is -2.35. The van der Waals surface area contributed by atoms with E-state index in [9.17, 15) is 4.79 Å². The van der Waals surface area contributed by atoms with E-state index in [4.69, 9.17) is 23.2 Å². The number of para-hydroxylation sites is 1. The van der Waals surface area contributed by atoms with Gasteiger partial charge in [0.25, 0.3) is 5.91 Å². The maximum Gasteiger partial charge on any atom is 0.255 e. The topological polar surface area (TPSA) is 80.0 Å². The third-order valence-electron chi connectivity index (χ3n) is 5.25. The minimum atomic E-state index is -0.107. The summed E-state index contributed by atoms with van der Waals surface area (Å²) >= 11 is 12.2. The highest BCUT2D eigenvalue weighted by Crippen LogP contribution is 2.25. The van der Waals surface area contributed by atoms with E-state index in [-0.39, 0.29) is 5.91 Å². The van der Waals surface area contributed by atoms with Crippen LogP contribution in [0.4, 0.5) is 5.82 Å². The van der Waals surface area contributed by atoms with E-state index in [0.29, 0.717) is 58.8 Å². The predicted molar refractivity (Wildman–Crippen MR) is 119 cm³/mol. The predicted octanol–water partition coefficient (Wildman–Crippen LogP) is 3.48. The van der Waals surface area contributed by atoms with Crippen LogP contribution in [0.1, 0.15) is 10.4 Å². The number of amides is 1. The van der Waals surface area contributed by atoms with E-state index in [1.165, 1.54) is 6.33 Å². The average molecular weight is 454 g/mol. The first kappa shape index (κ1) is 19.7. The van der Waals surface area contributed by atoms with Crippen LogP contribution in [-0.4, -0.2) is 61.9 Å². The Hall–Kier alpha value is -3.23. The van der Waals surface area contributed by atoms with Gasteiger partial charge in [0.05, 0.1) is 16.3 Å². The van der Waals surface area contributed by atoms with Crippen molar-refractivity contribution in [2.24, 2.45) is 0 Å². The molecule has 10 heteroatoms. The number of carbonyl (C=O) groups is 1. The summed E-state index contributed by atoms with van der Waals surface area (Å²) in [7, 11) is 0. The van der Waals surface area contributed by atoms with Crippen LogP contribution >= 0.6 is 23.2 Å². The largest absolute Gasteiger partial charge is 0.351 e. The zero-order valence-corrected chi connectivity index (χ0v) is 17.8. The summed E-state index contributed by atoms with van der Waals surface area (Å²) in [5.74, 6) is 0.605. The van der Waals surface area contributed by atoms with Gasteiger partial charge in [0.15, 0.2) is 17.0 Å². The zero-order chi connectivity index (χ0) is 21.4. The molecule has 0 atom stereocenters. The molecule has 2 aromatic heterocycles. The Balaban J connectivity index is 1.36. The van der Waals surface area contributed by atoms with Gasteiger partial charge in [-0.3, -0.25) is 4.79 Å². The summed E-state index contributed by atoms with van der Waals surface area (Å²) < 4.78 is 1.70. The number of nitrogens with zero attached hydrogens (tertiary/aromatic N) is 7. The van der Waals surface area contributed by atoms with Crippen molar-refractivity contribution < 1.29 is 4.79 Å². The molecule has 1 aliphatic heterocycles. The maximum atomic E-state index is 12.9. The molecule has 0 saturated carbocycles. The molecular weight excluding hydrogens is 437 g/mol. The fourth-order valence-corrected chi connectivity index (χ4v) is 4.16. The molecule has 0 N–H and O–H groups in total. The summed E-state index contributed by atoms with van der Waals surface area (Å²) in [4.78, 5) is 25.6. The van der Waals surface area contributed by atoms with Gasteiger partial charge in [-0.05, 0) is 30.3 Å². The van der Waals surface area contributed by atoms with E-state index in [0.717, 1.165) is 5.69 Å². The molecule has 3 heterocycles. The molecule has 156 valence electrons. The van der Waals surface area contributed by atoms with Gasteiger partial charge in [0, 0.05) is 31.2 Å². The Kier molecular flexibility index (Phi) is 5.17. The van der Waals surface area contributed by atoms with Gasteiger partial charge in [-0.25, -0.2) is 9.97 Å². The quantitative estimate of drug-likeness (QED) is 0.472. The molecule has 0 radical (unpaired) electrons. The van der Waals surface area contributed by atoms with Crippen molar-refractivity contribution in [3.05, 3.63) is 70.5 Å². The van der Waals surface area contributed by atoms with Gasteiger partial charge in [-0.1, -0.05) is 46.6 Å². The van der Waals surface area contributed by atoms with Gasteiger partial charge >= 0.3 is 0 Å². The molecule has 1 aliphatic rings. The first-order chi connectivity index (χ1) is 15.1. The van der Waals surface area contributed by atoms with E-state index in [1.807, 2.05) is 30.3 Å². The Morgan fingerprint density at radius 2 is 1.71 bits per heavy atom. The van der Waals surface area contributed by atoms with Crippen molar-refractivity contribution in [2.75, 3.05) is 31.1 Å². The Morgan fingerprint density at radius 1 is 0.935 bits per heavy atom. The number of rotatable bonds is 3. The van der Waals surface area contributed by atoms with E-state index in [2.05, 4.69) is 25.2 Å². The van der Waals surface area contributed by atoms with Crippen LogP contribution in [0.25, 0.3) is 16.9 Å². The van der Waals surface area contributed by atoms with Crippen molar-refractivity contribution in [1.82, 2.24) is 29.9 Å². The summed E-state index contributed by atoms with van der Waals surface area (Å²) in [6.07, 6.45) is 1.52. The number of hydrogen-bond acceptors (Lipinski definition) is 6. The molecule has 8 nitrogen and oxygen atoms in total. The molecule has 0 unspecified atom stereocenters. The molecule has 1 amide bonds. The summed E-state index contributed by atoms with van der Waals surface area (Å²) in [5.41, 5.74) is 2.61. The van der Waals surface area contributed by atoms with Crippen LogP contribution in [-0.2, 0) is 0 Å². The lowest BCUT2D eigenvalue weighted by Crippen LogP contribution is -2.49. The third kappa shape index (κ3) is 3.68. The number of carbonyl (C=O) groups excluding carboxylic acids is 1. The van der Waals surface area contributed by atoms with Crippen molar-refractivity contribution in [1.29, 1.82) is 0 Å². The van der Waals surface area contributed by atoms with Crippen molar-refractivity contribution in [3.8, 4) is 5.69 Å². The van der Waals surface area contributed by atoms with Gasteiger partial charge in [0.1, 0.15) is 6.33 Å². The van der Waals surface area contributed by atoms with Crippen molar-refractivity contribution in [3.63, 3.8) is 0 Å². The summed E-state index contributed by atoms with van der Waals surface area (Å²) in [5, 5.41) is 9.45. The lowest BCUT2D eigenvalue weighted by molar-refractivity contribution is 0.0747. The molecule has 2 aromatic carbocycles. The second kappa shape index (κ2) is 8.13. The molecule has 1 fully saturated rings. The first-order valence-corrected chi connectivity index (χ1v) is 10.5. The van der Waals surface area contributed by atoms with Crippen molar-refractivity contribution in [2.45, 2.75) is 0 Å². The number of benzene rings is 2. The minimum Gasteiger partial charge on any atom is -0.351 e.